The van der Waals surface area contributed by atoms with Gasteiger partial charge in [0.15, 0.2) is 0 Å². The molecule has 0 saturated carbocycles. The van der Waals surface area contributed by atoms with E-state index in [1.807, 2.05) is 0 Å². The summed E-state index contributed by atoms with van der Waals surface area (Å²) in [7, 11) is 0. The highest BCUT2D eigenvalue weighted by Crippen LogP contribution is 2.22. The van der Waals surface area contributed by atoms with Crippen molar-refractivity contribution < 1.29 is 0 Å². The molecule has 0 heterocycles. The van der Waals surface area contributed by atoms with Crippen molar-refractivity contribution in [3.8, 4) is 0 Å². The van der Waals surface area contributed by atoms with E-state index in [0.29, 0.717) is 0 Å². The third-order valence-corrected chi connectivity index (χ3v) is 2.19. The predicted molar refractivity (Wildman–Crippen MR) is 50.5 cm³/mol. The van der Waals surface area contributed by atoms with Gasteiger partial charge in [0.05, 0.1) is 0 Å². The van der Waals surface area contributed by atoms with Crippen LogP contribution in [0.5, 0.6) is 0 Å². The van der Waals surface area contributed by atoms with Crippen molar-refractivity contribution in [1.29, 1.82) is 0 Å². The van der Waals surface area contributed by atoms with Crippen LogP contribution < -0.4 is 0 Å². The van der Waals surface area contributed by atoms with Crippen LogP contribution in [0.2, 0.25) is 0 Å². The fourth-order valence-electron chi connectivity index (χ4n) is 1.57. The van der Waals surface area contributed by atoms with Gasteiger partial charge in [0.25, 0.3) is 0 Å². The van der Waals surface area contributed by atoms with E-state index in [4.69, 9.17) is 0 Å². The van der Waals surface area contributed by atoms with Gasteiger partial charge in [-0.15, -0.1) is 0 Å². The van der Waals surface area contributed by atoms with Crippen molar-refractivity contribution in [2.24, 2.45) is 5.92 Å². The number of allylic oxidation sites excluding steroid dienone is 4. The van der Waals surface area contributed by atoms with Crippen LogP contribution in [0.4, 0.5) is 0 Å². The fourth-order valence-corrected chi connectivity index (χ4v) is 1.57. The molecular weight excluding hydrogens is 132 g/mol. The van der Waals surface area contributed by atoms with E-state index in [1.165, 1.54) is 19.3 Å². The summed E-state index contributed by atoms with van der Waals surface area (Å²) >= 11 is 0. The van der Waals surface area contributed by atoms with Crippen molar-refractivity contribution in [3.05, 3.63) is 23.8 Å². The van der Waals surface area contributed by atoms with Gasteiger partial charge in [-0.2, -0.15) is 0 Å². The summed E-state index contributed by atoms with van der Waals surface area (Å²) in [5.41, 5.74) is 1.55. The van der Waals surface area contributed by atoms with Crippen molar-refractivity contribution in [1.82, 2.24) is 0 Å². The van der Waals surface area contributed by atoms with Gasteiger partial charge >= 0.3 is 0 Å². The number of hydrogen-bond acceptors (Lipinski definition) is 0. The van der Waals surface area contributed by atoms with Gasteiger partial charge in [-0.25, -0.2) is 0 Å². The second kappa shape index (κ2) is 4.38. The molecule has 1 unspecified atom stereocenters. The first-order chi connectivity index (χ1) is 5.33. The van der Waals surface area contributed by atoms with Crippen molar-refractivity contribution in [2.45, 2.75) is 39.5 Å². The summed E-state index contributed by atoms with van der Waals surface area (Å²) < 4.78 is 0. The Morgan fingerprint density at radius 2 is 2.45 bits per heavy atom. The molecule has 0 bridgehead atoms. The van der Waals surface area contributed by atoms with Crippen LogP contribution in [0.1, 0.15) is 39.5 Å². The predicted octanol–water partition coefficient (Wildman–Crippen LogP) is 3.70. The third kappa shape index (κ3) is 2.92. The summed E-state index contributed by atoms with van der Waals surface area (Å²) in [5.74, 6) is 0.806. The highest BCUT2D eigenvalue weighted by atomic mass is 14.1. The maximum Gasteiger partial charge on any atom is -0.0256 e. The molecule has 1 rings (SSSR count). The number of rotatable bonds is 2. The Bertz CT molecular complexity index is 163. The molecule has 0 amide bonds. The van der Waals surface area contributed by atoms with Gasteiger partial charge in [-0.1, -0.05) is 37.6 Å². The Morgan fingerprint density at radius 3 is 3.09 bits per heavy atom. The molecule has 0 fully saturated rings. The molecule has 0 nitrogen and oxygen atoms in total. The average Bonchev–Trinajstić information content (AvgIpc) is 2.01. The van der Waals surface area contributed by atoms with Gasteiger partial charge in [-0.3, -0.25) is 0 Å². The van der Waals surface area contributed by atoms with Crippen LogP contribution in [0.15, 0.2) is 23.8 Å². The first kappa shape index (κ1) is 8.58. The first-order valence-corrected chi connectivity index (χ1v) is 4.70. The summed E-state index contributed by atoms with van der Waals surface area (Å²) in [5, 5.41) is 0. The van der Waals surface area contributed by atoms with E-state index in [9.17, 15) is 0 Å². The van der Waals surface area contributed by atoms with Crippen LogP contribution in [0, 0.1) is 5.92 Å². The summed E-state index contributed by atoms with van der Waals surface area (Å²) in [6, 6.07) is 0. The molecule has 1 aliphatic carbocycles. The monoisotopic (exact) mass is 150 g/mol. The summed E-state index contributed by atoms with van der Waals surface area (Å²) in [4.78, 5) is 0. The third-order valence-electron chi connectivity index (χ3n) is 2.19. The molecule has 0 saturated heterocycles. The van der Waals surface area contributed by atoms with Crippen LogP contribution in [0.25, 0.3) is 0 Å². The maximum absolute atomic E-state index is 2.41. The summed E-state index contributed by atoms with van der Waals surface area (Å²) in [6.45, 7) is 4.49. The smallest absolute Gasteiger partial charge is 0.0256 e. The Morgan fingerprint density at radius 1 is 1.64 bits per heavy atom. The quantitative estimate of drug-likeness (QED) is 0.563. The molecule has 0 aromatic carbocycles. The van der Waals surface area contributed by atoms with Gasteiger partial charge < -0.3 is 0 Å². The standard InChI is InChI=1S/C11H18/c1-3-4-7-11-8-5-6-10(2)9-11/h4,7,9-10H,3,5-6,8H2,1-2H3. The lowest BCUT2D eigenvalue weighted by Gasteiger charge is -2.14. The molecule has 1 atom stereocenters. The van der Waals surface area contributed by atoms with E-state index in [2.05, 4.69) is 32.1 Å². The molecule has 0 aromatic rings. The van der Waals surface area contributed by atoms with Crippen molar-refractivity contribution in [2.75, 3.05) is 0 Å². The minimum atomic E-state index is 0.806. The fraction of sp³-hybridized carbons (Fsp3) is 0.636. The maximum atomic E-state index is 2.41. The minimum absolute atomic E-state index is 0.806. The van der Waals surface area contributed by atoms with Crippen LogP contribution in [0.3, 0.4) is 0 Å². The van der Waals surface area contributed by atoms with Crippen LogP contribution in [-0.2, 0) is 0 Å². The molecule has 0 radical (unpaired) electrons. The lowest BCUT2D eigenvalue weighted by Crippen LogP contribution is -1.98. The van der Waals surface area contributed by atoms with Gasteiger partial charge in [0.1, 0.15) is 0 Å². The Kier molecular flexibility index (Phi) is 3.41. The Hall–Kier alpha value is -0.520. The number of hydrogen-bond donors (Lipinski definition) is 0. The zero-order valence-corrected chi connectivity index (χ0v) is 7.64. The van der Waals surface area contributed by atoms with Gasteiger partial charge in [0.2, 0.25) is 0 Å². The SMILES string of the molecule is CCC=CC1=CC(C)CCC1. The highest BCUT2D eigenvalue weighted by Gasteiger charge is 2.06. The molecule has 0 N–H and O–H groups in total. The van der Waals surface area contributed by atoms with Crippen molar-refractivity contribution in [3.63, 3.8) is 0 Å². The summed E-state index contributed by atoms with van der Waals surface area (Å²) in [6.07, 6.45) is 12.2. The molecule has 0 aromatic heterocycles. The van der Waals surface area contributed by atoms with Crippen LogP contribution >= 0.6 is 0 Å². The van der Waals surface area contributed by atoms with E-state index in [-0.39, 0.29) is 0 Å². The molecule has 1 aliphatic rings. The molecule has 0 heteroatoms. The van der Waals surface area contributed by atoms with E-state index < -0.39 is 0 Å². The van der Waals surface area contributed by atoms with Gasteiger partial charge in [-0.05, 0) is 31.6 Å². The van der Waals surface area contributed by atoms with E-state index in [0.717, 1.165) is 12.3 Å². The molecule has 0 spiro atoms. The molecule has 0 aliphatic heterocycles. The first-order valence-electron chi connectivity index (χ1n) is 4.70. The minimum Gasteiger partial charge on any atom is -0.0845 e. The molecule has 62 valence electrons. The zero-order chi connectivity index (χ0) is 8.10. The highest BCUT2D eigenvalue weighted by molar-refractivity contribution is 5.21. The van der Waals surface area contributed by atoms with Crippen LogP contribution in [-0.4, -0.2) is 0 Å². The lowest BCUT2D eigenvalue weighted by atomic mass is 9.92. The second-order valence-electron chi connectivity index (χ2n) is 3.42. The normalized spacial score (nSPS) is 25.6. The van der Waals surface area contributed by atoms with E-state index in [1.54, 1.807) is 5.57 Å². The average molecular weight is 150 g/mol. The lowest BCUT2D eigenvalue weighted by molar-refractivity contribution is 0.574. The largest absolute Gasteiger partial charge is 0.0845 e. The van der Waals surface area contributed by atoms with Crippen molar-refractivity contribution >= 4 is 0 Å². The topological polar surface area (TPSA) is 0 Å². The zero-order valence-electron chi connectivity index (χ0n) is 7.64. The van der Waals surface area contributed by atoms with Gasteiger partial charge in [0, 0.05) is 0 Å². The Balaban J connectivity index is 2.49. The van der Waals surface area contributed by atoms with E-state index >= 15 is 0 Å². The Labute approximate surface area is 70.0 Å². The molecule has 11 heavy (non-hydrogen) atoms. The molecular formula is C11H18. The second-order valence-corrected chi connectivity index (χ2v) is 3.42.